The maximum Gasteiger partial charge on any atom is 0.318 e. The lowest BCUT2D eigenvalue weighted by Crippen LogP contribution is -2.41. The van der Waals surface area contributed by atoms with Crippen LogP contribution < -0.4 is 5.73 Å². The number of sulfonamides is 1. The zero-order chi connectivity index (χ0) is 13.9. The number of amides is 1. The van der Waals surface area contributed by atoms with E-state index < -0.39 is 35.0 Å². The van der Waals surface area contributed by atoms with E-state index in [-0.39, 0.29) is 4.90 Å². The summed E-state index contributed by atoms with van der Waals surface area (Å²) in [6.07, 6.45) is 2.81. The zero-order valence-corrected chi connectivity index (χ0v) is 10.4. The Labute approximate surface area is 104 Å². The smallest absolute Gasteiger partial charge is 0.318 e. The third-order valence-electron chi connectivity index (χ3n) is 2.09. The number of aryl methyl sites for hydroxylation is 1. The number of carbonyl (C=O) groups excluding carboxylic acids is 1. The lowest BCUT2D eigenvalue weighted by Gasteiger charge is -2.17. The van der Waals surface area contributed by atoms with Gasteiger partial charge >= 0.3 is 5.97 Å². The highest BCUT2D eigenvalue weighted by Crippen LogP contribution is 2.15. The summed E-state index contributed by atoms with van der Waals surface area (Å²) in [4.78, 5) is 21.3. The summed E-state index contributed by atoms with van der Waals surface area (Å²) in [5.74, 6) is -2.29. The molecule has 0 aliphatic carbocycles. The predicted octanol–water partition coefficient (Wildman–Crippen LogP) is -1.41. The Morgan fingerprint density at radius 1 is 1.44 bits per heavy atom. The van der Waals surface area contributed by atoms with Crippen LogP contribution in [0.2, 0.25) is 0 Å². The van der Waals surface area contributed by atoms with Crippen LogP contribution >= 0.6 is 0 Å². The van der Waals surface area contributed by atoms with E-state index in [1.54, 1.807) is 7.05 Å². The summed E-state index contributed by atoms with van der Waals surface area (Å²) in [5, 5.41) is 8.65. The third-order valence-corrected chi connectivity index (χ3v) is 3.86. The second-order valence-corrected chi connectivity index (χ2v) is 5.58. The van der Waals surface area contributed by atoms with Crippen molar-refractivity contribution in [3.63, 3.8) is 0 Å². The second-order valence-electron chi connectivity index (χ2n) is 3.65. The van der Waals surface area contributed by atoms with Gasteiger partial charge in [-0.1, -0.05) is 0 Å². The van der Waals surface area contributed by atoms with Gasteiger partial charge in [0.2, 0.25) is 15.9 Å². The van der Waals surface area contributed by atoms with Gasteiger partial charge in [-0.05, 0) is 6.07 Å². The van der Waals surface area contributed by atoms with E-state index in [9.17, 15) is 18.0 Å². The van der Waals surface area contributed by atoms with E-state index in [1.165, 1.54) is 23.0 Å². The van der Waals surface area contributed by atoms with Gasteiger partial charge in [0.05, 0.1) is 11.4 Å². The van der Waals surface area contributed by atoms with Crippen molar-refractivity contribution in [3.8, 4) is 0 Å². The minimum absolute atomic E-state index is 0.0903. The monoisotopic (exact) mass is 275 g/mol. The van der Waals surface area contributed by atoms with E-state index in [2.05, 4.69) is 0 Å². The van der Waals surface area contributed by atoms with E-state index in [0.29, 0.717) is 4.31 Å². The van der Waals surface area contributed by atoms with Gasteiger partial charge in [-0.15, -0.1) is 0 Å². The quantitative estimate of drug-likeness (QED) is 0.660. The van der Waals surface area contributed by atoms with Crippen LogP contribution in [0.3, 0.4) is 0 Å². The summed E-state index contributed by atoms with van der Waals surface area (Å²) in [7, 11) is -2.42. The Balaban J connectivity index is 3.10. The van der Waals surface area contributed by atoms with Crippen LogP contribution in [0.25, 0.3) is 0 Å². The molecule has 0 fully saturated rings. The van der Waals surface area contributed by atoms with Crippen molar-refractivity contribution in [1.29, 1.82) is 0 Å². The molecule has 0 aliphatic heterocycles. The van der Waals surface area contributed by atoms with Gasteiger partial charge in [0.1, 0.15) is 6.54 Å². The summed E-state index contributed by atoms with van der Waals surface area (Å²) in [5.41, 5.74) is 4.91. The number of aliphatic carboxylic acids is 1. The minimum Gasteiger partial charge on any atom is -0.480 e. The van der Waals surface area contributed by atoms with Crippen molar-refractivity contribution in [1.82, 2.24) is 8.87 Å². The van der Waals surface area contributed by atoms with E-state index in [4.69, 9.17) is 10.8 Å². The molecule has 3 N–H and O–H groups in total. The van der Waals surface area contributed by atoms with Crippen LogP contribution in [0.4, 0.5) is 0 Å². The Hall–Kier alpha value is -1.87. The summed E-state index contributed by atoms with van der Waals surface area (Å²) < 4.78 is 26.1. The fourth-order valence-electron chi connectivity index (χ4n) is 1.33. The molecular formula is C9H13N3O5S. The van der Waals surface area contributed by atoms with E-state index in [0.717, 1.165) is 0 Å². The Morgan fingerprint density at radius 2 is 2.06 bits per heavy atom. The molecule has 0 atom stereocenters. The Kier molecular flexibility index (Phi) is 4.09. The molecule has 8 nitrogen and oxygen atoms in total. The summed E-state index contributed by atoms with van der Waals surface area (Å²) >= 11 is 0. The number of nitrogens with zero attached hydrogens (tertiary/aromatic N) is 2. The van der Waals surface area contributed by atoms with Gasteiger partial charge in [-0.3, -0.25) is 9.59 Å². The Bertz CT molecular complexity index is 547. The molecule has 0 aliphatic rings. The average Bonchev–Trinajstić information content (AvgIpc) is 2.63. The first kappa shape index (κ1) is 14.2. The highest BCUT2D eigenvalue weighted by atomic mass is 32.2. The molecule has 1 aromatic heterocycles. The van der Waals surface area contributed by atoms with Crippen molar-refractivity contribution in [2.45, 2.75) is 4.90 Å². The van der Waals surface area contributed by atoms with Gasteiger partial charge in [-0.25, -0.2) is 8.42 Å². The van der Waals surface area contributed by atoms with Crippen LogP contribution in [0, 0.1) is 0 Å². The summed E-state index contributed by atoms with van der Waals surface area (Å²) in [6.45, 7) is -1.50. The van der Waals surface area contributed by atoms with Gasteiger partial charge in [-0.2, -0.15) is 4.31 Å². The number of carboxylic acids is 1. The third kappa shape index (κ3) is 3.31. The molecular weight excluding hydrogens is 262 g/mol. The molecule has 0 radical (unpaired) electrons. The average molecular weight is 275 g/mol. The number of aromatic nitrogens is 1. The van der Waals surface area contributed by atoms with Crippen molar-refractivity contribution in [2.24, 2.45) is 12.8 Å². The van der Waals surface area contributed by atoms with Crippen molar-refractivity contribution < 1.29 is 23.1 Å². The normalized spacial score (nSPS) is 11.7. The zero-order valence-electron chi connectivity index (χ0n) is 9.61. The number of carboxylic acid groups (broad SMARTS) is 1. The molecule has 18 heavy (non-hydrogen) atoms. The SMILES string of the molecule is Cn1ccc(S(=O)(=O)N(CC(N)=O)CC(=O)O)c1. The first-order chi connectivity index (χ1) is 8.23. The highest BCUT2D eigenvalue weighted by molar-refractivity contribution is 7.89. The molecule has 1 rings (SSSR count). The number of nitrogens with two attached hydrogens (primary N) is 1. The molecule has 0 saturated carbocycles. The number of carbonyl (C=O) groups is 2. The largest absolute Gasteiger partial charge is 0.480 e. The number of hydrogen-bond acceptors (Lipinski definition) is 4. The van der Waals surface area contributed by atoms with Gasteiger partial charge in [0.25, 0.3) is 0 Å². The summed E-state index contributed by atoms with van der Waals surface area (Å²) in [6, 6.07) is 1.31. The highest BCUT2D eigenvalue weighted by Gasteiger charge is 2.28. The van der Waals surface area contributed by atoms with E-state index >= 15 is 0 Å². The Morgan fingerprint density at radius 3 is 2.44 bits per heavy atom. The maximum absolute atomic E-state index is 12.1. The van der Waals surface area contributed by atoms with Crippen molar-refractivity contribution >= 4 is 21.9 Å². The molecule has 9 heteroatoms. The molecule has 0 saturated heterocycles. The first-order valence-electron chi connectivity index (χ1n) is 4.85. The lowest BCUT2D eigenvalue weighted by atomic mass is 10.5. The molecule has 1 amide bonds. The topological polar surface area (TPSA) is 123 Å². The van der Waals surface area contributed by atoms with Crippen LogP contribution in [0.5, 0.6) is 0 Å². The maximum atomic E-state index is 12.1. The fraction of sp³-hybridized carbons (Fsp3) is 0.333. The van der Waals surface area contributed by atoms with Crippen LogP contribution in [0.1, 0.15) is 0 Å². The molecule has 0 spiro atoms. The van der Waals surface area contributed by atoms with Crippen LogP contribution in [0.15, 0.2) is 23.4 Å². The molecule has 0 bridgehead atoms. The molecule has 0 aromatic carbocycles. The van der Waals surface area contributed by atoms with Crippen LogP contribution in [-0.4, -0.2) is 47.4 Å². The first-order valence-corrected chi connectivity index (χ1v) is 6.29. The minimum atomic E-state index is -4.04. The molecule has 1 aromatic rings. The number of rotatable bonds is 6. The van der Waals surface area contributed by atoms with Crippen molar-refractivity contribution in [3.05, 3.63) is 18.5 Å². The van der Waals surface area contributed by atoms with Gasteiger partial charge in [0, 0.05) is 19.4 Å². The second kappa shape index (κ2) is 5.19. The number of primary amides is 1. The molecule has 100 valence electrons. The lowest BCUT2D eigenvalue weighted by molar-refractivity contribution is -0.137. The standard InChI is InChI=1S/C9H13N3O5S/c1-11-3-2-7(4-11)18(16,17)12(5-8(10)13)6-9(14)15/h2-4H,5-6H2,1H3,(H2,10,13)(H,14,15). The van der Waals surface area contributed by atoms with E-state index in [1.807, 2.05) is 0 Å². The van der Waals surface area contributed by atoms with Crippen molar-refractivity contribution in [2.75, 3.05) is 13.1 Å². The fourth-order valence-corrected chi connectivity index (χ4v) is 2.74. The van der Waals surface area contributed by atoms with Gasteiger partial charge in [0.15, 0.2) is 0 Å². The molecule has 0 unspecified atom stereocenters. The molecule has 1 heterocycles. The predicted molar refractivity (Wildman–Crippen MR) is 61.0 cm³/mol. The van der Waals surface area contributed by atoms with Gasteiger partial charge < -0.3 is 15.4 Å². The van der Waals surface area contributed by atoms with Crippen LogP contribution in [-0.2, 0) is 26.7 Å². The number of hydrogen-bond donors (Lipinski definition) is 2.